The van der Waals surface area contributed by atoms with E-state index in [1.165, 1.54) is 5.56 Å². The minimum absolute atomic E-state index is 0.128. The summed E-state index contributed by atoms with van der Waals surface area (Å²) < 4.78 is 5.56. The molecule has 2 N–H and O–H groups in total. The molecule has 1 unspecified atom stereocenters. The van der Waals surface area contributed by atoms with Crippen molar-refractivity contribution >= 4 is 5.82 Å². The van der Waals surface area contributed by atoms with Crippen LogP contribution in [0.1, 0.15) is 26.3 Å². The van der Waals surface area contributed by atoms with Crippen molar-refractivity contribution in [1.82, 2.24) is 4.98 Å². The van der Waals surface area contributed by atoms with E-state index in [1.54, 1.807) is 0 Å². The van der Waals surface area contributed by atoms with Gasteiger partial charge in [0.2, 0.25) is 0 Å². The highest BCUT2D eigenvalue weighted by molar-refractivity contribution is 5.41. The maximum atomic E-state index is 5.65. The third kappa shape index (κ3) is 3.00. The minimum Gasteiger partial charge on any atom is -0.373 e. The molecule has 1 aliphatic rings. The number of ether oxygens (including phenoxy) is 1. The summed E-state index contributed by atoms with van der Waals surface area (Å²) in [5, 5.41) is 0. The average molecular weight is 249 g/mol. The normalized spacial score (nSPS) is 21.1. The van der Waals surface area contributed by atoms with Crippen molar-refractivity contribution in [2.24, 2.45) is 5.73 Å². The molecule has 1 atom stereocenters. The molecule has 0 radical (unpaired) electrons. The number of anilines is 1. The number of pyridine rings is 1. The fraction of sp³-hybridized carbons (Fsp3) is 0.643. The van der Waals surface area contributed by atoms with Crippen LogP contribution in [0.4, 0.5) is 5.82 Å². The van der Waals surface area contributed by atoms with Gasteiger partial charge in [-0.3, -0.25) is 0 Å². The highest BCUT2D eigenvalue weighted by Crippen LogP contribution is 2.23. The summed E-state index contributed by atoms with van der Waals surface area (Å²) in [6.07, 6.45) is 2.10. The van der Waals surface area contributed by atoms with Crippen molar-refractivity contribution in [2.75, 3.05) is 31.1 Å². The highest BCUT2D eigenvalue weighted by atomic mass is 16.5. The molecule has 0 aromatic carbocycles. The lowest BCUT2D eigenvalue weighted by molar-refractivity contribution is 0.0463. The van der Waals surface area contributed by atoms with Crippen LogP contribution in [0.3, 0.4) is 0 Å². The van der Waals surface area contributed by atoms with Gasteiger partial charge in [-0.05, 0) is 17.0 Å². The molecule has 100 valence electrons. The van der Waals surface area contributed by atoms with E-state index in [-0.39, 0.29) is 11.5 Å². The molecule has 0 saturated carbocycles. The van der Waals surface area contributed by atoms with Crippen LogP contribution in [0.2, 0.25) is 0 Å². The van der Waals surface area contributed by atoms with E-state index in [1.807, 2.05) is 6.20 Å². The smallest absolute Gasteiger partial charge is 0.128 e. The molecule has 0 spiro atoms. The maximum absolute atomic E-state index is 5.65. The van der Waals surface area contributed by atoms with Gasteiger partial charge in [0, 0.05) is 25.8 Å². The van der Waals surface area contributed by atoms with E-state index in [4.69, 9.17) is 10.5 Å². The van der Waals surface area contributed by atoms with Crippen molar-refractivity contribution in [1.29, 1.82) is 0 Å². The van der Waals surface area contributed by atoms with Crippen molar-refractivity contribution in [3.63, 3.8) is 0 Å². The van der Waals surface area contributed by atoms with Gasteiger partial charge in [0.15, 0.2) is 0 Å². The molecule has 1 aliphatic heterocycles. The summed E-state index contributed by atoms with van der Waals surface area (Å²) >= 11 is 0. The summed E-state index contributed by atoms with van der Waals surface area (Å²) in [4.78, 5) is 6.81. The molecule has 0 amide bonds. The standard InChI is InChI=1S/C14H23N3O/c1-14(2,3)11-4-5-13(16-9-11)17-6-7-18-12(8-15)10-17/h4-5,9,12H,6-8,10,15H2,1-3H3. The van der Waals surface area contributed by atoms with E-state index in [2.05, 4.69) is 42.8 Å². The lowest BCUT2D eigenvalue weighted by atomic mass is 9.88. The first kappa shape index (κ1) is 13.3. The van der Waals surface area contributed by atoms with Crippen LogP contribution in [0.15, 0.2) is 18.3 Å². The largest absolute Gasteiger partial charge is 0.373 e. The van der Waals surface area contributed by atoms with Gasteiger partial charge in [-0.25, -0.2) is 4.98 Å². The van der Waals surface area contributed by atoms with Gasteiger partial charge in [0.05, 0.1) is 12.7 Å². The van der Waals surface area contributed by atoms with Crippen molar-refractivity contribution in [3.8, 4) is 0 Å². The second-order valence-electron chi connectivity index (χ2n) is 5.83. The van der Waals surface area contributed by atoms with Crippen LogP contribution in [-0.4, -0.2) is 37.3 Å². The zero-order chi connectivity index (χ0) is 13.2. The van der Waals surface area contributed by atoms with Crippen LogP contribution in [-0.2, 0) is 10.2 Å². The van der Waals surface area contributed by atoms with Gasteiger partial charge in [-0.2, -0.15) is 0 Å². The monoisotopic (exact) mass is 249 g/mol. The molecule has 1 aromatic heterocycles. The van der Waals surface area contributed by atoms with E-state index < -0.39 is 0 Å². The SMILES string of the molecule is CC(C)(C)c1ccc(N2CCOC(CN)C2)nc1. The van der Waals surface area contributed by atoms with Crippen LogP contribution in [0.25, 0.3) is 0 Å². The van der Waals surface area contributed by atoms with Crippen molar-refractivity contribution in [3.05, 3.63) is 23.9 Å². The van der Waals surface area contributed by atoms with Crippen LogP contribution >= 0.6 is 0 Å². The number of hydrogen-bond acceptors (Lipinski definition) is 4. The molecule has 4 nitrogen and oxygen atoms in total. The fourth-order valence-electron chi connectivity index (χ4n) is 2.09. The summed E-state index contributed by atoms with van der Waals surface area (Å²) in [6.45, 7) is 9.60. The zero-order valence-electron chi connectivity index (χ0n) is 11.5. The molecule has 2 heterocycles. The first-order chi connectivity index (χ1) is 8.50. The van der Waals surface area contributed by atoms with Crippen LogP contribution in [0, 0.1) is 0 Å². The number of nitrogens with two attached hydrogens (primary N) is 1. The van der Waals surface area contributed by atoms with E-state index in [9.17, 15) is 0 Å². The van der Waals surface area contributed by atoms with E-state index in [0.29, 0.717) is 6.54 Å². The Hall–Kier alpha value is -1.13. The first-order valence-electron chi connectivity index (χ1n) is 6.54. The minimum atomic E-state index is 0.128. The van der Waals surface area contributed by atoms with Gasteiger partial charge in [-0.15, -0.1) is 0 Å². The molecule has 2 rings (SSSR count). The molecule has 1 fully saturated rings. The Morgan fingerprint density at radius 1 is 1.44 bits per heavy atom. The van der Waals surface area contributed by atoms with E-state index >= 15 is 0 Å². The third-order valence-electron chi connectivity index (χ3n) is 3.34. The molecule has 4 heteroatoms. The maximum Gasteiger partial charge on any atom is 0.128 e. The Morgan fingerprint density at radius 2 is 2.22 bits per heavy atom. The second-order valence-corrected chi connectivity index (χ2v) is 5.83. The predicted octanol–water partition coefficient (Wildman–Crippen LogP) is 1.54. The summed E-state index contributed by atoms with van der Waals surface area (Å²) in [7, 11) is 0. The van der Waals surface area contributed by atoms with Crippen molar-refractivity contribution < 1.29 is 4.74 Å². The first-order valence-corrected chi connectivity index (χ1v) is 6.54. The Bertz CT molecular complexity index is 383. The van der Waals surface area contributed by atoms with Gasteiger partial charge in [-0.1, -0.05) is 26.8 Å². The molecular formula is C14H23N3O. The highest BCUT2D eigenvalue weighted by Gasteiger charge is 2.21. The Kier molecular flexibility index (Phi) is 3.88. The number of nitrogens with zero attached hydrogens (tertiary/aromatic N) is 2. The Labute approximate surface area is 109 Å². The van der Waals surface area contributed by atoms with E-state index in [0.717, 1.165) is 25.5 Å². The lowest BCUT2D eigenvalue weighted by Crippen LogP contribution is -2.46. The lowest BCUT2D eigenvalue weighted by Gasteiger charge is -2.33. The van der Waals surface area contributed by atoms with Crippen LogP contribution in [0.5, 0.6) is 0 Å². The molecule has 1 saturated heterocycles. The molecular weight excluding hydrogens is 226 g/mol. The van der Waals surface area contributed by atoms with Crippen molar-refractivity contribution in [2.45, 2.75) is 32.3 Å². The summed E-state index contributed by atoms with van der Waals surface area (Å²) in [5.41, 5.74) is 7.06. The second kappa shape index (κ2) is 5.24. The molecule has 18 heavy (non-hydrogen) atoms. The number of hydrogen-bond donors (Lipinski definition) is 1. The number of morpholine rings is 1. The third-order valence-corrected chi connectivity index (χ3v) is 3.34. The zero-order valence-corrected chi connectivity index (χ0v) is 11.5. The predicted molar refractivity (Wildman–Crippen MR) is 73.9 cm³/mol. The topological polar surface area (TPSA) is 51.4 Å². The summed E-state index contributed by atoms with van der Waals surface area (Å²) in [6, 6.07) is 4.26. The average Bonchev–Trinajstić information content (AvgIpc) is 2.38. The van der Waals surface area contributed by atoms with Gasteiger partial charge < -0.3 is 15.4 Å². The Balaban J connectivity index is 2.09. The quantitative estimate of drug-likeness (QED) is 0.864. The summed E-state index contributed by atoms with van der Waals surface area (Å²) in [5.74, 6) is 1.02. The molecule has 0 aliphatic carbocycles. The Morgan fingerprint density at radius 3 is 2.78 bits per heavy atom. The fourth-order valence-corrected chi connectivity index (χ4v) is 2.09. The van der Waals surface area contributed by atoms with Crippen LogP contribution < -0.4 is 10.6 Å². The van der Waals surface area contributed by atoms with Gasteiger partial charge >= 0.3 is 0 Å². The van der Waals surface area contributed by atoms with Gasteiger partial charge in [0.25, 0.3) is 0 Å². The number of rotatable bonds is 2. The molecule has 0 bridgehead atoms. The van der Waals surface area contributed by atoms with Gasteiger partial charge in [0.1, 0.15) is 5.82 Å². The molecule has 1 aromatic rings. The number of aromatic nitrogens is 1.